The normalized spacial score (nSPS) is 10.1. The molecular formula is C11H11N3OS. The summed E-state index contributed by atoms with van der Waals surface area (Å²) in [6.07, 6.45) is 1.56. The topological polar surface area (TPSA) is 60.7 Å². The van der Waals surface area contributed by atoms with Crippen LogP contribution in [0.1, 0.15) is 5.56 Å². The second kappa shape index (κ2) is 4.32. The molecule has 0 spiro atoms. The maximum atomic E-state index is 11.6. The summed E-state index contributed by atoms with van der Waals surface area (Å²) in [5.74, 6) is 0. The highest BCUT2D eigenvalue weighted by atomic mass is 32.1. The van der Waals surface area contributed by atoms with E-state index < -0.39 is 0 Å². The molecule has 16 heavy (non-hydrogen) atoms. The van der Waals surface area contributed by atoms with Crippen LogP contribution < -0.4 is 10.9 Å². The highest BCUT2D eigenvalue weighted by Gasteiger charge is 2.01. The monoisotopic (exact) mass is 233 g/mol. The minimum atomic E-state index is -0.230. The van der Waals surface area contributed by atoms with Crippen LogP contribution in [0.2, 0.25) is 0 Å². The molecule has 2 rings (SSSR count). The van der Waals surface area contributed by atoms with E-state index in [1.54, 1.807) is 6.20 Å². The Kier molecular flexibility index (Phi) is 2.87. The smallest absolute Gasteiger partial charge is 0.275 e. The lowest BCUT2D eigenvalue weighted by molar-refractivity contribution is 1.09. The van der Waals surface area contributed by atoms with Crippen molar-refractivity contribution in [3.63, 3.8) is 0 Å². The molecule has 0 aliphatic carbocycles. The summed E-state index contributed by atoms with van der Waals surface area (Å²) in [7, 11) is 0. The van der Waals surface area contributed by atoms with Crippen molar-refractivity contribution in [1.82, 2.24) is 9.97 Å². The first-order valence-corrected chi connectivity index (χ1v) is 5.22. The zero-order valence-electron chi connectivity index (χ0n) is 8.70. The molecule has 82 valence electrons. The molecule has 1 aromatic heterocycles. The number of para-hydroxylation sites is 1. The average molecular weight is 233 g/mol. The quantitative estimate of drug-likeness (QED) is 0.698. The van der Waals surface area contributed by atoms with Gasteiger partial charge in [-0.05, 0) is 30.8 Å². The van der Waals surface area contributed by atoms with E-state index in [2.05, 4.69) is 15.3 Å². The van der Waals surface area contributed by atoms with E-state index >= 15 is 0 Å². The van der Waals surface area contributed by atoms with Crippen LogP contribution in [0.3, 0.4) is 0 Å². The Hall–Kier alpha value is -1.88. The second-order valence-electron chi connectivity index (χ2n) is 3.43. The average Bonchev–Trinajstić information content (AvgIpc) is 2.25. The van der Waals surface area contributed by atoms with E-state index in [-0.39, 0.29) is 5.56 Å². The molecule has 0 bridgehead atoms. The number of anilines is 2. The second-order valence-corrected chi connectivity index (χ2v) is 3.83. The number of nitrogens with one attached hydrogen (secondary N) is 3. The third-order valence-electron chi connectivity index (χ3n) is 2.23. The van der Waals surface area contributed by atoms with Gasteiger partial charge in [-0.15, -0.1) is 0 Å². The van der Waals surface area contributed by atoms with Gasteiger partial charge in [0.15, 0.2) is 4.77 Å². The van der Waals surface area contributed by atoms with Gasteiger partial charge in [0.1, 0.15) is 5.69 Å². The molecule has 0 saturated heterocycles. The molecule has 0 aliphatic heterocycles. The number of benzene rings is 1. The Balaban J connectivity index is 2.38. The van der Waals surface area contributed by atoms with Crippen molar-refractivity contribution < 1.29 is 0 Å². The lowest BCUT2D eigenvalue weighted by Gasteiger charge is -2.07. The van der Waals surface area contributed by atoms with E-state index in [0.717, 1.165) is 11.3 Å². The first-order valence-electron chi connectivity index (χ1n) is 4.81. The number of aryl methyl sites for hydroxylation is 1. The minimum Gasteiger partial charge on any atom is -0.350 e. The van der Waals surface area contributed by atoms with Crippen LogP contribution in [-0.2, 0) is 0 Å². The van der Waals surface area contributed by atoms with Crippen LogP contribution in [0, 0.1) is 11.7 Å². The Bertz CT molecular complexity index is 615. The SMILES string of the molecule is Cc1ccccc1Nc1c[nH]c(=S)[nH]c1=O. The summed E-state index contributed by atoms with van der Waals surface area (Å²) in [5, 5.41) is 3.05. The first-order chi connectivity index (χ1) is 7.66. The molecule has 0 atom stereocenters. The van der Waals surface area contributed by atoms with Gasteiger partial charge < -0.3 is 10.3 Å². The van der Waals surface area contributed by atoms with Crippen molar-refractivity contribution in [1.29, 1.82) is 0 Å². The number of H-pyrrole nitrogens is 2. The van der Waals surface area contributed by atoms with Gasteiger partial charge in [0, 0.05) is 11.9 Å². The number of hydrogen-bond acceptors (Lipinski definition) is 3. The fourth-order valence-electron chi connectivity index (χ4n) is 1.36. The van der Waals surface area contributed by atoms with Crippen LogP contribution in [0.25, 0.3) is 0 Å². The van der Waals surface area contributed by atoms with Crippen molar-refractivity contribution in [2.75, 3.05) is 5.32 Å². The van der Waals surface area contributed by atoms with Crippen LogP contribution in [0.15, 0.2) is 35.3 Å². The minimum absolute atomic E-state index is 0.230. The summed E-state index contributed by atoms with van der Waals surface area (Å²) in [6.45, 7) is 1.97. The summed E-state index contributed by atoms with van der Waals surface area (Å²) < 4.78 is 0.320. The van der Waals surface area contributed by atoms with E-state index in [9.17, 15) is 4.79 Å². The molecule has 1 heterocycles. The van der Waals surface area contributed by atoms with Gasteiger partial charge in [-0.25, -0.2) is 0 Å². The van der Waals surface area contributed by atoms with Gasteiger partial charge >= 0.3 is 0 Å². The van der Waals surface area contributed by atoms with Crippen LogP contribution in [0.4, 0.5) is 11.4 Å². The van der Waals surface area contributed by atoms with Crippen molar-refractivity contribution in [3.8, 4) is 0 Å². The first kappa shape index (κ1) is 10.6. The number of aromatic nitrogens is 2. The Labute approximate surface area is 97.4 Å². The lowest BCUT2D eigenvalue weighted by atomic mass is 10.2. The maximum Gasteiger partial charge on any atom is 0.275 e. The molecule has 0 radical (unpaired) electrons. The van der Waals surface area contributed by atoms with E-state index in [1.807, 2.05) is 31.2 Å². The Morgan fingerprint density at radius 3 is 2.69 bits per heavy atom. The zero-order valence-corrected chi connectivity index (χ0v) is 9.52. The van der Waals surface area contributed by atoms with E-state index in [4.69, 9.17) is 12.2 Å². The van der Waals surface area contributed by atoms with Crippen LogP contribution in [-0.4, -0.2) is 9.97 Å². The van der Waals surface area contributed by atoms with Crippen molar-refractivity contribution >= 4 is 23.6 Å². The summed E-state index contributed by atoms with van der Waals surface area (Å²) in [5.41, 5.74) is 2.19. The van der Waals surface area contributed by atoms with E-state index in [1.165, 1.54) is 0 Å². The molecule has 0 unspecified atom stereocenters. The highest BCUT2D eigenvalue weighted by Crippen LogP contribution is 2.16. The fourth-order valence-corrected chi connectivity index (χ4v) is 1.51. The van der Waals surface area contributed by atoms with Gasteiger partial charge in [0.05, 0.1) is 0 Å². The maximum absolute atomic E-state index is 11.6. The molecule has 0 saturated carbocycles. The largest absolute Gasteiger partial charge is 0.350 e. The summed E-state index contributed by atoms with van der Waals surface area (Å²) in [6, 6.07) is 7.75. The lowest BCUT2D eigenvalue weighted by Crippen LogP contribution is -2.12. The van der Waals surface area contributed by atoms with Gasteiger partial charge in [-0.3, -0.25) is 9.78 Å². The van der Waals surface area contributed by atoms with Gasteiger partial charge in [0.25, 0.3) is 5.56 Å². The van der Waals surface area contributed by atoms with Crippen LogP contribution >= 0.6 is 12.2 Å². The third kappa shape index (κ3) is 2.20. The van der Waals surface area contributed by atoms with Gasteiger partial charge in [-0.1, -0.05) is 18.2 Å². The number of aromatic amines is 2. The highest BCUT2D eigenvalue weighted by molar-refractivity contribution is 7.71. The Morgan fingerprint density at radius 1 is 1.25 bits per heavy atom. The van der Waals surface area contributed by atoms with Crippen molar-refractivity contribution in [2.45, 2.75) is 6.92 Å². The molecule has 0 amide bonds. The molecule has 3 N–H and O–H groups in total. The van der Waals surface area contributed by atoms with Crippen molar-refractivity contribution in [2.24, 2.45) is 0 Å². The van der Waals surface area contributed by atoms with Crippen LogP contribution in [0.5, 0.6) is 0 Å². The third-order valence-corrected chi connectivity index (χ3v) is 2.45. The number of hydrogen-bond donors (Lipinski definition) is 3. The molecule has 4 nitrogen and oxygen atoms in total. The number of rotatable bonds is 2. The van der Waals surface area contributed by atoms with E-state index in [0.29, 0.717) is 10.5 Å². The summed E-state index contributed by atoms with van der Waals surface area (Å²) >= 11 is 4.81. The zero-order chi connectivity index (χ0) is 11.5. The fraction of sp³-hybridized carbons (Fsp3) is 0.0909. The Morgan fingerprint density at radius 2 is 2.00 bits per heavy atom. The predicted molar refractivity (Wildman–Crippen MR) is 66.7 cm³/mol. The van der Waals surface area contributed by atoms with Gasteiger partial charge in [0.2, 0.25) is 0 Å². The van der Waals surface area contributed by atoms with Gasteiger partial charge in [-0.2, -0.15) is 0 Å². The predicted octanol–water partition coefficient (Wildman–Crippen LogP) is 2.48. The molecule has 0 aliphatic rings. The molecule has 2 aromatic rings. The molecule has 5 heteroatoms. The summed E-state index contributed by atoms with van der Waals surface area (Å²) in [4.78, 5) is 16.8. The molecule has 1 aromatic carbocycles. The molecule has 0 fully saturated rings. The standard InChI is InChI=1S/C11H11N3OS/c1-7-4-2-3-5-8(7)13-9-6-12-11(16)14-10(9)15/h2-6,13H,1H3,(H2,12,14,15,16). The van der Waals surface area contributed by atoms with Crippen molar-refractivity contribution in [3.05, 3.63) is 51.2 Å². The molecular weight excluding hydrogens is 222 g/mol.